The number of methoxy groups -OCH3 is 2. The molecule has 2 amide bonds. The number of terminal acetylenes is 1. The number of ether oxygens (including phenoxy) is 2. The fourth-order valence-corrected chi connectivity index (χ4v) is 3.86. The number of benzene rings is 1. The molecule has 31 heavy (non-hydrogen) atoms. The summed E-state index contributed by atoms with van der Waals surface area (Å²) in [5.41, 5.74) is 0.213. The average Bonchev–Trinajstić information content (AvgIpc) is 3.35. The first-order valence-electron chi connectivity index (χ1n) is 9.01. The van der Waals surface area contributed by atoms with Gasteiger partial charge in [0.2, 0.25) is 5.91 Å². The fraction of sp³-hybridized carbons (Fsp3) is 0.350. The van der Waals surface area contributed by atoms with Gasteiger partial charge in [-0.15, -0.1) is 17.8 Å². The van der Waals surface area contributed by atoms with Crippen molar-refractivity contribution in [2.24, 2.45) is 0 Å². The van der Waals surface area contributed by atoms with Gasteiger partial charge in [-0.1, -0.05) is 0 Å². The largest absolute Gasteiger partial charge is 0.497 e. The first kappa shape index (κ1) is 22.4. The highest BCUT2D eigenvalue weighted by Crippen LogP contribution is 2.34. The molecule has 1 aliphatic rings. The minimum absolute atomic E-state index is 0.0122. The number of alkyl halides is 3. The van der Waals surface area contributed by atoms with Crippen molar-refractivity contribution in [2.75, 3.05) is 32.2 Å². The summed E-state index contributed by atoms with van der Waals surface area (Å²) in [5.74, 6) is 1.53. The molecule has 2 aromatic rings. The third-order valence-electron chi connectivity index (χ3n) is 4.63. The van der Waals surface area contributed by atoms with Gasteiger partial charge >= 0.3 is 6.18 Å². The van der Waals surface area contributed by atoms with E-state index in [4.69, 9.17) is 15.9 Å². The number of carbonyl (C=O) groups excluding carboxylic acids is 2. The molecule has 0 radical (unpaired) electrons. The molecule has 0 bridgehead atoms. The number of likely N-dealkylation sites (tertiary alicyclic amines) is 1. The molecule has 2 heterocycles. The maximum Gasteiger partial charge on any atom is 0.406 e. The van der Waals surface area contributed by atoms with Crippen LogP contribution in [-0.4, -0.2) is 61.2 Å². The number of hydrogen-bond donors (Lipinski definition) is 0. The highest BCUT2D eigenvalue weighted by Gasteiger charge is 2.44. The van der Waals surface area contributed by atoms with Crippen LogP contribution in [0.3, 0.4) is 0 Å². The van der Waals surface area contributed by atoms with Crippen LogP contribution in [0.5, 0.6) is 11.5 Å². The van der Waals surface area contributed by atoms with E-state index >= 15 is 0 Å². The van der Waals surface area contributed by atoms with Gasteiger partial charge in [-0.3, -0.25) is 14.5 Å². The molecule has 164 valence electrons. The number of carbonyl (C=O) groups is 2. The van der Waals surface area contributed by atoms with E-state index in [9.17, 15) is 22.8 Å². The number of anilines is 1. The Bertz CT molecular complexity index is 1010. The number of aromatic nitrogens is 1. The standard InChI is InChI=1S/C20H18F3N3O4S/c1-4-17-24-15(10-31-17)18(27)26(12-7-13(29-2)9-14(8-12)30-3)16-5-6-25(19(16)28)11-20(21,22)23/h1,7-10,16H,5-6,11H2,2-3H3. The van der Waals surface area contributed by atoms with E-state index in [1.54, 1.807) is 6.07 Å². The molecular formula is C20H18F3N3O4S. The molecule has 11 heteroatoms. The van der Waals surface area contributed by atoms with Crippen molar-refractivity contribution in [1.29, 1.82) is 0 Å². The molecular weight excluding hydrogens is 435 g/mol. The van der Waals surface area contributed by atoms with Crippen molar-refractivity contribution in [3.63, 3.8) is 0 Å². The monoisotopic (exact) mass is 453 g/mol. The van der Waals surface area contributed by atoms with E-state index < -0.39 is 30.6 Å². The summed E-state index contributed by atoms with van der Waals surface area (Å²) >= 11 is 1.07. The molecule has 1 aromatic carbocycles. The average molecular weight is 453 g/mol. The molecule has 0 saturated carbocycles. The van der Waals surface area contributed by atoms with Crippen molar-refractivity contribution < 1.29 is 32.2 Å². The van der Waals surface area contributed by atoms with Gasteiger partial charge < -0.3 is 14.4 Å². The van der Waals surface area contributed by atoms with E-state index in [0.29, 0.717) is 16.4 Å². The number of rotatable bonds is 6. The summed E-state index contributed by atoms with van der Waals surface area (Å²) in [7, 11) is 2.83. The quantitative estimate of drug-likeness (QED) is 0.629. The Morgan fingerprint density at radius 2 is 1.97 bits per heavy atom. The summed E-state index contributed by atoms with van der Waals surface area (Å²) in [6, 6.07) is 3.41. The first-order valence-corrected chi connectivity index (χ1v) is 9.89. The normalized spacial score (nSPS) is 16.2. The Kier molecular flexibility index (Phi) is 6.40. The van der Waals surface area contributed by atoms with Crippen molar-refractivity contribution in [1.82, 2.24) is 9.88 Å². The molecule has 1 unspecified atom stereocenters. The minimum Gasteiger partial charge on any atom is -0.497 e. The van der Waals surface area contributed by atoms with Crippen LogP contribution < -0.4 is 14.4 Å². The molecule has 0 aliphatic carbocycles. The molecule has 7 nitrogen and oxygen atoms in total. The lowest BCUT2D eigenvalue weighted by Crippen LogP contribution is -2.47. The fourth-order valence-electron chi connectivity index (χ4n) is 3.27. The Morgan fingerprint density at radius 3 is 2.48 bits per heavy atom. The van der Waals surface area contributed by atoms with E-state index in [1.807, 2.05) is 0 Å². The third kappa shape index (κ3) is 4.91. The number of halogens is 3. The maximum absolute atomic E-state index is 13.3. The summed E-state index contributed by atoms with van der Waals surface area (Å²) in [4.78, 5) is 32.0. The van der Waals surface area contributed by atoms with Gasteiger partial charge in [0.05, 0.1) is 19.9 Å². The molecule has 0 N–H and O–H groups in total. The van der Waals surface area contributed by atoms with Gasteiger partial charge in [-0.25, -0.2) is 4.98 Å². The summed E-state index contributed by atoms with van der Waals surface area (Å²) in [5, 5.41) is 1.71. The van der Waals surface area contributed by atoms with Crippen LogP contribution in [-0.2, 0) is 4.79 Å². The van der Waals surface area contributed by atoms with E-state index in [2.05, 4.69) is 10.9 Å². The van der Waals surface area contributed by atoms with Gasteiger partial charge in [0.25, 0.3) is 5.91 Å². The predicted octanol–water partition coefficient (Wildman–Crippen LogP) is 2.95. The lowest BCUT2D eigenvalue weighted by molar-refractivity contribution is -0.157. The Labute approximate surface area is 180 Å². The van der Waals surface area contributed by atoms with Crippen LogP contribution in [0, 0.1) is 12.3 Å². The van der Waals surface area contributed by atoms with Gasteiger partial charge in [-0.2, -0.15) is 13.2 Å². The Balaban J connectivity index is 2.04. The van der Waals surface area contributed by atoms with Gasteiger partial charge in [-0.05, 0) is 12.3 Å². The topological polar surface area (TPSA) is 72.0 Å². The molecule has 0 spiro atoms. The third-order valence-corrected chi connectivity index (χ3v) is 5.40. The van der Waals surface area contributed by atoms with Crippen molar-refractivity contribution >= 4 is 28.8 Å². The first-order chi connectivity index (χ1) is 14.7. The van der Waals surface area contributed by atoms with Crippen LogP contribution in [0.15, 0.2) is 23.6 Å². The van der Waals surface area contributed by atoms with Crippen LogP contribution in [0.2, 0.25) is 0 Å². The summed E-state index contributed by atoms with van der Waals surface area (Å²) in [6.07, 6.45) is 0.794. The van der Waals surface area contributed by atoms with Crippen LogP contribution >= 0.6 is 11.3 Å². The number of amides is 2. The summed E-state index contributed by atoms with van der Waals surface area (Å²) in [6.45, 7) is -1.52. The highest BCUT2D eigenvalue weighted by atomic mass is 32.1. The maximum atomic E-state index is 13.3. The summed E-state index contributed by atoms with van der Waals surface area (Å²) < 4.78 is 49.0. The van der Waals surface area contributed by atoms with Gasteiger partial charge in [0.15, 0.2) is 5.01 Å². The molecule has 1 aliphatic heterocycles. The van der Waals surface area contributed by atoms with Crippen molar-refractivity contribution in [3.05, 3.63) is 34.3 Å². The van der Waals surface area contributed by atoms with Gasteiger partial charge in [0, 0.05) is 30.1 Å². The lowest BCUT2D eigenvalue weighted by atomic mass is 10.1. The zero-order valence-electron chi connectivity index (χ0n) is 16.6. The van der Waals surface area contributed by atoms with E-state index in [-0.39, 0.29) is 29.4 Å². The number of nitrogens with zero attached hydrogens (tertiary/aromatic N) is 3. The SMILES string of the molecule is C#Cc1nc(C(=O)N(c2cc(OC)cc(OC)c2)C2CCN(CC(F)(F)F)C2=O)cs1. The molecule has 1 aromatic heterocycles. The second-order valence-corrected chi connectivity index (χ2v) is 7.47. The zero-order chi connectivity index (χ0) is 22.8. The lowest BCUT2D eigenvalue weighted by Gasteiger charge is -2.28. The molecule has 1 fully saturated rings. The van der Waals surface area contributed by atoms with E-state index in [0.717, 1.165) is 16.2 Å². The van der Waals surface area contributed by atoms with Crippen LogP contribution in [0.1, 0.15) is 21.9 Å². The van der Waals surface area contributed by atoms with Gasteiger partial charge in [0.1, 0.15) is 29.8 Å². The smallest absolute Gasteiger partial charge is 0.406 e. The second-order valence-electron chi connectivity index (χ2n) is 6.61. The molecule has 3 rings (SSSR count). The zero-order valence-corrected chi connectivity index (χ0v) is 17.4. The number of hydrogen-bond acceptors (Lipinski definition) is 6. The van der Waals surface area contributed by atoms with Crippen LogP contribution in [0.4, 0.5) is 18.9 Å². The van der Waals surface area contributed by atoms with E-state index in [1.165, 1.54) is 31.7 Å². The molecule has 1 atom stereocenters. The minimum atomic E-state index is -4.55. The highest BCUT2D eigenvalue weighted by molar-refractivity contribution is 7.10. The Hall–Kier alpha value is -3.26. The second kappa shape index (κ2) is 8.85. The van der Waals surface area contributed by atoms with Crippen molar-refractivity contribution in [3.8, 4) is 23.8 Å². The Morgan fingerprint density at radius 1 is 1.32 bits per heavy atom. The predicted molar refractivity (Wildman–Crippen MR) is 107 cm³/mol. The van der Waals surface area contributed by atoms with Crippen LogP contribution in [0.25, 0.3) is 0 Å². The number of thiazole rings is 1. The molecule has 1 saturated heterocycles. The van der Waals surface area contributed by atoms with Crippen molar-refractivity contribution in [2.45, 2.75) is 18.6 Å².